The largest absolute Gasteiger partial charge is 0.321 e. The molecule has 13 heavy (non-hydrogen) atoms. The summed E-state index contributed by atoms with van der Waals surface area (Å²) in [4.78, 5) is 1.20. The second kappa shape index (κ2) is 3.95. The molecule has 1 rings (SSSR count). The van der Waals surface area contributed by atoms with Gasteiger partial charge in [-0.05, 0) is 42.3 Å². The van der Waals surface area contributed by atoms with Gasteiger partial charge in [0.15, 0.2) is 0 Å². The quantitative estimate of drug-likeness (QED) is 0.825. The zero-order chi connectivity index (χ0) is 10.1. The third kappa shape index (κ3) is 2.93. The van der Waals surface area contributed by atoms with Crippen LogP contribution in [0.3, 0.4) is 0 Å². The topological polar surface area (TPSA) is 26.0 Å². The molecule has 1 heterocycles. The van der Waals surface area contributed by atoms with E-state index >= 15 is 0 Å². The molecule has 0 fully saturated rings. The molecule has 0 saturated carbocycles. The van der Waals surface area contributed by atoms with Crippen LogP contribution in [0.5, 0.6) is 0 Å². The van der Waals surface area contributed by atoms with Gasteiger partial charge in [0, 0.05) is 14.7 Å². The van der Waals surface area contributed by atoms with Crippen LogP contribution in [0, 0.1) is 0 Å². The molecule has 0 aliphatic heterocycles. The Bertz CT molecular complexity index is 314. The van der Waals surface area contributed by atoms with E-state index in [0.29, 0.717) is 0 Å². The molecule has 1 aromatic rings. The smallest absolute Gasteiger partial charge is 0.0512 e. The van der Waals surface area contributed by atoms with E-state index in [1.807, 2.05) is 13.8 Å². The maximum absolute atomic E-state index is 6.18. The van der Waals surface area contributed by atoms with E-state index in [9.17, 15) is 0 Å². The normalized spacial score (nSPS) is 15.4. The molecule has 3 heteroatoms. The van der Waals surface area contributed by atoms with E-state index < -0.39 is 0 Å². The van der Waals surface area contributed by atoms with E-state index in [1.165, 1.54) is 4.88 Å². The van der Waals surface area contributed by atoms with Crippen molar-refractivity contribution in [3.05, 3.63) is 32.9 Å². The minimum Gasteiger partial charge on any atom is -0.321 e. The fourth-order valence-corrected chi connectivity index (χ4v) is 2.83. The average Bonchev–Trinajstić information content (AvgIpc) is 2.32. The van der Waals surface area contributed by atoms with Crippen LogP contribution in [0.25, 0.3) is 0 Å². The lowest BCUT2D eigenvalue weighted by Crippen LogP contribution is -2.32. The Morgan fingerprint density at radius 1 is 1.77 bits per heavy atom. The Kier molecular flexibility index (Phi) is 3.33. The highest BCUT2D eigenvalue weighted by atomic mass is 79.9. The Balaban J connectivity index is 2.86. The number of rotatable bonds is 3. The van der Waals surface area contributed by atoms with Crippen molar-refractivity contribution in [2.75, 3.05) is 0 Å². The molecule has 1 aromatic heterocycles. The first-order chi connectivity index (χ1) is 5.92. The van der Waals surface area contributed by atoms with Crippen molar-refractivity contribution in [1.82, 2.24) is 0 Å². The van der Waals surface area contributed by atoms with Gasteiger partial charge in [-0.3, -0.25) is 0 Å². The number of thiophene rings is 1. The molecule has 0 amide bonds. The number of nitrogens with two attached hydrogens (primary N) is 1. The van der Waals surface area contributed by atoms with Crippen molar-refractivity contribution in [3.63, 3.8) is 0 Å². The monoisotopic (exact) mass is 259 g/mol. The lowest BCUT2D eigenvalue weighted by Gasteiger charge is -2.23. The summed E-state index contributed by atoms with van der Waals surface area (Å²) in [5.41, 5.74) is 7.03. The van der Waals surface area contributed by atoms with Gasteiger partial charge < -0.3 is 5.73 Å². The maximum Gasteiger partial charge on any atom is 0.0512 e. The molecule has 0 saturated heterocycles. The van der Waals surface area contributed by atoms with Crippen molar-refractivity contribution in [3.8, 4) is 0 Å². The third-order valence-electron chi connectivity index (χ3n) is 1.80. The van der Waals surface area contributed by atoms with Crippen LogP contribution >= 0.6 is 27.3 Å². The summed E-state index contributed by atoms with van der Waals surface area (Å²) in [6.45, 7) is 7.93. The molecule has 0 radical (unpaired) electrons. The van der Waals surface area contributed by atoms with Gasteiger partial charge in [0.1, 0.15) is 0 Å². The fraction of sp³-hybridized carbons (Fsp3) is 0.400. The van der Waals surface area contributed by atoms with Gasteiger partial charge in [0.05, 0.1) is 5.54 Å². The second-order valence-corrected chi connectivity index (χ2v) is 5.51. The van der Waals surface area contributed by atoms with Crippen LogP contribution in [0.1, 0.15) is 25.1 Å². The molecule has 0 aromatic carbocycles. The van der Waals surface area contributed by atoms with E-state index in [0.717, 1.165) is 16.5 Å². The summed E-state index contributed by atoms with van der Waals surface area (Å²) >= 11 is 5.11. The Labute approximate surface area is 91.8 Å². The van der Waals surface area contributed by atoms with Gasteiger partial charge in [-0.15, -0.1) is 17.9 Å². The Morgan fingerprint density at radius 2 is 2.38 bits per heavy atom. The van der Waals surface area contributed by atoms with Crippen LogP contribution in [0.15, 0.2) is 28.1 Å². The molecular weight excluding hydrogens is 246 g/mol. The summed E-state index contributed by atoms with van der Waals surface area (Å²) in [6.07, 6.45) is 0.833. The first kappa shape index (κ1) is 11.0. The number of hydrogen-bond acceptors (Lipinski definition) is 2. The molecule has 72 valence electrons. The van der Waals surface area contributed by atoms with Gasteiger partial charge >= 0.3 is 0 Å². The van der Waals surface area contributed by atoms with Crippen LogP contribution in [0.2, 0.25) is 0 Å². The molecule has 2 N–H and O–H groups in total. The number of halogens is 1. The van der Waals surface area contributed by atoms with E-state index in [2.05, 4.69) is 34.0 Å². The molecule has 0 bridgehead atoms. The summed E-state index contributed by atoms with van der Waals surface area (Å²) in [6, 6.07) is 2.08. The summed E-state index contributed by atoms with van der Waals surface area (Å²) < 4.78 is 1.10. The van der Waals surface area contributed by atoms with E-state index in [4.69, 9.17) is 5.73 Å². The molecule has 1 nitrogen and oxygen atoms in total. The van der Waals surface area contributed by atoms with E-state index in [-0.39, 0.29) is 5.54 Å². The second-order valence-electron chi connectivity index (χ2n) is 3.68. The Morgan fingerprint density at radius 3 is 2.77 bits per heavy atom. The highest BCUT2D eigenvalue weighted by Crippen LogP contribution is 2.31. The highest BCUT2D eigenvalue weighted by molar-refractivity contribution is 9.10. The van der Waals surface area contributed by atoms with Gasteiger partial charge in [0.25, 0.3) is 0 Å². The number of hydrogen-bond donors (Lipinski definition) is 1. The van der Waals surface area contributed by atoms with Gasteiger partial charge in [-0.25, -0.2) is 0 Å². The predicted molar refractivity (Wildman–Crippen MR) is 63.0 cm³/mol. The molecule has 0 spiro atoms. The lowest BCUT2D eigenvalue weighted by molar-refractivity contribution is 0.500. The van der Waals surface area contributed by atoms with Crippen molar-refractivity contribution in [2.45, 2.75) is 25.8 Å². The van der Waals surface area contributed by atoms with Crippen molar-refractivity contribution < 1.29 is 0 Å². The molecular formula is C10H14BrNS. The molecule has 0 aliphatic carbocycles. The first-order valence-electron chi connectivity index (χ1n) is 4.09. The maximum atomic E-state index is 6.18. The minimum atomic E-state index is -0.275. The SMILES string of the molecule is C=C(C)CC(C)(N)c1cc(Br)cs1. The van der Waals surface area contributed by atoms with Crippen LogP contribution < -0.4 is 5.73 Å². The zero-order valence-electron chi connectivity index (χ0n) is 7.93. The highest BCUT2D eigenvalue weighted by Gasteiger charge is 2.22. The van der Waals surface area contributed by atoms with Crippen LogP contribution in [0.4, 0.5) is 0 Å². The van der Waals surface area contributed by atoms with Gasteiger partial charge in [0.2, 0.25) is 0 Å². The zero-order valence-corrected chi connectivity index (χ0v) is 10.3. The standard InChI is InChI=1S/C10H14BrNS/c1-7(2)5-10(3,12)9-4-8(11)6-13-9/h4,6H,1,5,12H2,2-3H3. The molecule has 1 unspecified atom stereocenters. The molecule has 1 atom stereocenters. The molecule has 0 aliphatic rings. The average molecular weight is 260 g/mol. The van der Waals surface area contributed by atoms with Crippen LogP contribution in [-0.4, -0.2) is 0 Å². The first-order valence-corrected chi connectivity index (χ1v) is 5.77. The fourth-order valence-electron chi connectivity index (χ4n) is 1.33. The Hall–Kier alpha value is -0.120. The van der Waals surface area contributed by atoms with Crippen molar-refractivity contribution >= 4 is 27.3 Å². The van der Waals surface area contributed by atoms with Gasteiger partial charge in [-0.1, -0.05) is 5.57 Å². The lowest BCUT2D eigenvalue weighted by atomic mass is 9.94. The van der Waals surface area contributed by atoms with Gasteiger partial charge in [-0.2, -0.15) is 0 Å². The van der Waals surface area contributed by atoms with E-state index in [1.54, 1.807) is 11.3 Å². The van der Waals surface area contributed by atoms with Crippen LogP contribution in [-0.2, 0) is 5.54 Å². The summed E-state index contributed by atoms with van der Waals surface area (Å²) in [5, 5.41) is 2.05. The minimum absolute atomic E-state index is 0.275. The van der Waals surface area contributed by atoms with Crippen molar-refractivity contribution in [2.24, 2.45) is 5.73 Å². The third-order valence-corrected chi connectivity index (χ3v) is 3.77. The van der Waals surface area contributed by atoms with Crippen molar-refractivity contribution in [1.29, 1.82) is 0 Å². The predicted octanol–water partition coefficient (Wildman–Crippen LogP) is 3.65. The summed E-state index contributed by atoms with van der Waals surface area (Å²) in [5.74, 6) is 0. The summed E-state index contributed by atoms with van der Waals surface area (Å²) in [7, 11) is 0.